The van der Waals surface area contributed by atoms with Crippen molar-refractivity contribution in [2.24, 2.45) is 0 Å². The fourth-order valence-corrected chi connectivity index (χ4v) is 4.72. The average molecular weight is 419 g/mol. The maximum atomic E-state index is 12.5. The number of hydrogen-bond acceptors (Lipinski definition) is 6. The SMILES string of the molecule is Cc1ccccc1CC(=O)N1CC(N(CCc2noc(C3CC3)n2)S(C)(=O)=O)C1. The summed E-state index contributed by atoms with van der Waals surface area (Å²) in [6.45, 7) is 3.10. The van der Waals surface area contributed by atoms with Crippen LogP contribution in [0.5, 0.6) is 0 Å². The van der Waals surface area contributed by atoms with Gasteiger partial charge in [-0.25, -0.2) is 8.42 Å². The van der Waals surface area contributed by atoms with Gasteiger partial charge in [-0.05, 0) is 30.9 Å². The number of likely N-dealkylation sites (tertiary alicyclic amines) is 1. The fourth-order valence-electron chi connectivity index (χ4n) is 3.62. The number of amides is 1. The first-order chi connectivity index (χ1) is 13.8. The van der Waals surface area contributed by atoms with Crippen molar-refractivity contribution in [1.82, 2.24) is 19.3 Å². The van der Waals surface area contributed by atoms with Crippen molar-refractivity contribution in [2.45, 2.75) is 44.6 Å². The second-order valence-electron chi connectivity index (χ2n) is 8.00. The Morgan fingerprint density at radius 1 is 1.28 bits per heavy atom. The number of hydrogen-bond donors (Lipinski definition) is 0. The van der Waals surface area contributed by atoms with Crippen LogP contribution in [0, 0.1) is 6.92 Å². The Morgan fingerprint density at radius 3 is 2.66 bits per heavy atom. The number of rotatable bonds is 8. The molecule has 2 heterocycles. The molecule has 0 spiro atoms. The Labute approximate surface area is 170 Å². The molecule has 0 radical (unpaired) electrons. The van der Waals surface area contributed by atoms with Gasteiger partial charge in [-0.1, -0.05) is 29.4 Å². The zero-order valence-electron chi connectivity index (χ0n) is 16.7. The van der Waals surface area contributed by atoms with Crippen molar-refractivity contribution < 1.29 is 17.7 Å². The van der Waals surface area contributed by atoms with Gasteiger partial charge < -0.3 is 9.42 Å². The summed E-state index contributed by atoms with van der Waals surface area (Å²) >= 11 is 0. The Hall–Kier alpha value is -2.26. The van der Waals surface area contributed by atoms with Gasteiger partial charge in [-0.3, -0.25) is 4.79 Å². The van der Waals surface area contributed by atoms with Gasteiger partial charge in [0.05, 0.1) is 18.7 Å². The molecule has 1 aliphatic carbocycles. The molecule has 29 heavy (non-hydrogen) atoms. The zero-order chi connectivity index (χ0) is 20.6. The number of carbonyl (C=O) groups is 1. The summed E-state index contributed by atoms with van der Waals surface area (Å²) in [5.74, 6) is 1.59. The number of aryl methyl sites for hydroxylation is 1. The van der Waals surface area contributed by atoms with Crippen LogP contribution in [0.25, 0.3) is 0 Å². The number of benzene rings is 1. The Balaban J connectivity index is 1.32. The van der Waals surface area contributed by atoms with Crippen molar-refractivity contribution in [1.29, 1.82) is 0 Å². The van der Waals surface area contributed by atoms with Crippen LogP contribution in [-0.4, -0.2) is 65.6 Å². The molecule has 156 valence electrons. The second-order valence-corrected chi connectivity index (χ2v) is 9.94. The predicted octanol–water partition coefficient (Wildman–Crippen LogP) is 1.51. The molecule has 1 saturated carbocycles. The molecule has 4 rings (SSSR count). The summed E-state index contributed by atoms with van der Waals surface area (Å²) in [6.07, 6.45) is 4.09. The van der Waals surface area contributed by atoms with Gasteiger partial charge in [0.15, 0.2) is 5.82 Å². The van der Waals surface area contributed by atoms with Crippen molar-refractivity contribution in [3.05, 3.63) is 47.1 Å². The number of aromatic nitrogens is 2. The molecule has 0 bridgehead atoms. The van der Waals surface area contributed by atoms with Gasteiger partial charge in [0.25, 0.3) is 0 Å². The van der Waals surface area contributed by atoms with Crippen LogP contribution in [0.2, 0.25) is 0 Å². The Kier molecular flexibility index (Phi) is 5.44. The molecule has 0 atom stereocenters. The summed E-state index contributed by atoms with van der Waals surface area (Å²) < 4.78 is 31.3. The molecule has 1 amide bonds. The summed E-state index contributed by atoms with van der Waals surface area (Å²) in [6, 6.07) is 7.60. The van der Waals surface area contributed by atoms with Gasteiger partial charge in [0.2, 0.25) is 21.8 Å². The molecular formula is C20H26N4O4S. The molecule has 1 aromatic carbocycles. The summed E-state index contributed by atoms with van der Waals surface area (Å²) in [5, 5.41) is 3.96. The predicted molar refractivity (Wildman–Crippen MR) is 107 cm³/mol. The van der Waals surface area contributed by atoms with Crippen LogP contribution in [0.3, 0.4) is 0 Å². The fraction of sp³-hybridized carbons (Fsp3) is 0.550. The lowest BCUT2D eigenvalue weighted by Gasteiger charge is -2.44. The molecule has 0 unspecified atom stereocenters. The number of nitrogens with zero attached hydrogens (tertiary/aromatic N) is 4. The first-order valence-corrected chi connectivity index (χ1v) is 11.8. The van der Waals surface area contributed by atoms with Crippen LogP contribution >= 0.6 is 0 Å². The molecular weight excluding hydrogens is 392 g/mol. The van der Waals surface area contributed by atoms with Gasteiger partial charge in [-0.2, -0.15) is 9.29 Å². The van der Waals surface area contributed by atoms with Gasteiger partial charge in [0.1, 0.15) is 0 Å². The van der Waals surface area contributed by atoms with E-state index in [1.807, 2.05) is 31.2 Å². The van der Waals surface area contributed by atoms with E-state index in [4.69, 9.17) is 4.52 Å². The third kappa shape index (κ3) is 4.67. The van der Waals surface area contributed by atoms with Crippen LogP contribution in [0.15, 0.2) is 28.8 Å². The van der Waals surface area contributed by atoms with Crippen molar-refractivity contribution in [3.63, 3.8) is 0 Å². The summed E-state index contributed by atoms with van der Waals surface area (Å²) in [4.78, 5) is 18.6. The molecule has 1 saturated heterocycles. The van der Waals surface area contributed by atoms with Crippen LogP contribution in [0.1, 0.15) is 41.6 Å². The van der Waals surface area contributed by atoms with Crippen molar-refractivity contribution >= 4 is 15.9 Å². The summed E-state index contributed by atoms with van der Waals surface area (Å²) in [7, 11) is -3.40. The molecule has 0 N–H and O–H groups in total. The minimum atomic E-state index is -3.40. The second kappa shape index (κ2) is 7.87. The molecule has 2 aliphatic rings. The maximum absolute atomic E-state index is 12.5. The van der Waals surface area contributed by atoms with Crippen LogP contribution in [-0.2, 0) is 27.7 Å². The minimum Gasteiger partial charge on any atom is -0.339 e. The largest absolute Gasteiger partial charge is 0.339 e. The molecule has 1 aromatic heterocycles. The molecule has 2 aromatic rings. The normalized spacial score (nSPS) is 17.6. The van der Waals surface area contributed by atoms with E-state index in [0.29, 0.717) is 43.6 Å². The van der Waals surface area contributed by atoms with E-state index < -0.39 is 10.0 Å². The van der Waals surface area contributed by atoms with Crippen LogP contribution < -0.4 is 0 Å². The number of sulfonamides is 1. The number of carbonyl (C=O) groups excluding carboxylic acids is 1. The first kappa shape index (κ1) is 20.0. The highest BCUT2D eigenvalue weighted by atomic mass is 32.2. The van der Waals surface area contributed by atoms with E-state index in [1.54, 1.807) is 4.90 Å². The highest BCUT2D eigenvalue weighted by Crippen LogP contribution is 2.38. The van der Waals surface area contributed by atoms with Gasteiger partial charge >= 0.3 is 0 Å². The average Bonchev–Trinajstić information content (AvgIpc) is 3.36. The van der Waals surface area contributed by atoms with E-state index >= 15 is 0 Å². The van der Waals surface area contributed by atoms with E-state index in [9.17, 15) is 13.2 Å². The third-order valence-electron chi connectivity index (χ3n) is 5.62. The molecule has 9 heteroatoms. The highest BCUT2D eigenvalue weighted by molar-refractivity contribution is 7.88. The van der Waals surface area contributed by atoms with E-state index in [1.165, 1.54) is 10.6 Å². The Bertz CT molecular complexity index is 993. The molecule has 1 aliphatic heterocycles. The Morgan fingerprint density at radius 2 is 2.00 bits per heavy atom. The van der Waals surface area contributed by atoms with Crippen molar-refractivity contribution in [2.75, 3.05) is 25.9 Å². The first-order valence-electron chi connectivity index (χ1n) is 9.93. The van der Waals surface area contributed by atoms with E-state index in [0.717, 1.165) is 24.0 Å². The standard InChI is InChI=1S/C20H26N4O4S/c1-14-5-3-4-6-16(14)11-19(25)23-12-17(13-23)24(29(2,26)27)10-9-18-21-20(28-22-18)15-7-8-15/h3-6,15,17H,7-13H2,1-2H3. The van der Waals surface area contributed by atoms with E-state index in [-0.39, 0.29) is 18.5 Å². The lowest BCUT2D eigenvalue weighted by atomic mass is 10.0. The quantitative estimate of drug-likeness (QED) is 0.645. The molecule has 2 fully saturated rings. The topological polar surface area (TPSA) is 96.6 Å². The summed E-state index contributed by atoms with van der Waals surface area (Å²) in [5.41, 5.74) is 2.09. The minimum absolute atomic E-state index is 0.0243. The zero-order valence-corrected chi connectivity index (χ0v) is 17.6. The lowest BCUT2D eigenvalue weighted by molar-refractivity contribution is -0.136. The monoisotopic (exact) mass is 418 g/mol. The van der Waals surface area contributed by atoms with Crippen LogP contribution in [0.4, 0.5) is 0 Å². The van der Waals surface area contributed by atoms with Gasteiger partial charge in [0, 0.05) is 32.0 Å². The smallest absolute Gasteiger partial charge is 0.229 e. The van der Waals surface area contributed by atoms with Gasteiger partial charge in [-0.15, -0.1) is 0 Å². The third-order valence-corrected chi connectivity index (χ3v) is 6.95. The van der Waals surface area contributed by atoms with Crippen molar-refractivity contribution in [3.8, 4) is 0 Å². The highest BCUT2D eigenvalue weighted by Gasteiger charge is 2.38. The molecule has 8 nitrogen and oxygen atoms in total. The van der Waals surface area contributed by atoms with E-state index in [2.05, 4.69) is 10.1 Å². The lowest BCUT2D eigenvalue weighted by Crippen LogP contribution is -2.62. The maximum Gasteiger partial charge on any atom is 0.229 e.